The number of hydrogen-bond donors (Lipinski definition) is 1. The number of benzene rings is 2. The highest BCUT2D eigenvalue weighted by Gasteiger charge is 2.14. The Kier molecular flexibility index (Phi) is 5.12. The first-order valence-corrected chi connectivity index (χ1v) is 7.13. The van der Waals surface area contributed by atoms with Gasteiger partial charge < -0.3 is 5.73 Å². The third-order valence-electron chi connectivity index (χ3n) is 3.10. The van der Waals surface area contributed by atoms with Crippen molar-refractivity contribution in [1.82, 2.24) is 0 Å². The third kappa shape index (κ3) is 3.64. The molecule has 1 unspecified atom stereocenters. The summed E-state index contributed by atoms with van der Waals surface area (Å²) < 4.78 is 0. The number of halogens is 3. The summed E-state index contributed by atoms with van der Waals surface area (Å²) in [6, 6.07) is 13.4. The van der Waals surface area contributed by atoms with Crippen molar-refractivity contribution in [2.45, 2.75) is 12.3 Å². The molecule has 2 N–H and O–H groups in total. The van der Waals surface area contributed by atoms with Crippen LogP contribution in [0.4, 0.5) is 0 Å². The van der Waals surface area contributed by atoms with Crippen molar-refractivity contribution in [3.8, 4) is 0 Å². The molecule has 0 aromatic heterocycles. The maximum absolute atomic E-state index is 6.22. The molecular weight excluding hydrogens is 301 g/mol. The molecule has 4 heteroatoms. The van der Waals surface area contributed by atoms with Gasteiger partial charge in [-0.15, -0.1) is 0 Å². The van der Waals surface area contributed by atoms with E-state index < -0.39 is 0 Å². The zero-order valence-electron chi connectivity index (χ0n) is 10.2. The summed E-state index contributed by atoms with van der Waals surface area (Å²) in [5.74, 6) is 0.172. The van der Waals surface area contributed by atoms with Crippen LogP contribution >= 0.6 is 34.8 Å². The van der Waals surface area contributed by atoms with Crippen LogP contribution in [-0.2, 0) is 6.42 Å². The molecule has 0 saturated carbocycles. The summed E-state index contributed by atoms with van der Waals surface area (Å²) in [5, 5.41) is 1.87. The van der Waals surface area contributed by atoms with Crippen molar-refractivity contribution in [2.24, 2.45) is 5.73 Å². The van der Waals surface area contributed by atoms with E-state index in [1.807, 2.05) is 36.4 Å². The lowest BCUT2D eigenvalue weighted by atomic mass is 9.92. The Labute approximate surface area is 128 Å². The molecule has 2 rings (SSSR count). The molecule has 1 nitrogen and oxygen atoms in total. The summed E-state index contributed by atoms with van der Waals surface area (Å²) in [4.78, 5) is 0. The number of nitrogens with two attached hydrogens (primary N) is 1. The van der Waals surface area contributed by atoms with Gasteiger partial charge in [0.15, 0.2) is 0 Å². The lowest BCUT2D eigenvalue weighted by Gasteiger charge is -2.17. The first kappa shape index (κ1) is 14.7. The van der Waals surface area contributed by atoms with Crippen molar-refractivity contribution in [2.75, 3.05) is 6.54 Å². The van der Waals surface area contributed by atoms with Crippen LogP contribution in [-0.4, -0.2) is 6.54 Å². The smallest absolute Gasteiger partial charge is 0.0595 e. The van der Waals surface area contributed by atoms with Crippen molar-refractivity contribution in [3.63, 3.8) is 0 Å². The maximum atomic E-state index is 6.22. The monoisotopic (exact) mass is 313 g/mol. The molecule has 2 aromatic carbocycles. The quantitative estimate of drug-likeness (QED) is 0.850. The highest BCUT2D eigenvalue weighted by atomic mass is 35.5. The van der Waals surface area contributed by atoms with E-state index in [0.29, 0.717) is 16.6 Å². The van der Waals surface area contributed by atoms with Crippen LogP contribution in [0.5, 0.6) is 0 Å². The van der Waals surface area contributed by atoms with Crippen LogP contribution in [0.25, 0.3) is 0 Å². The highest BCUT2D eigenvalue weighted by molar-refractivity contribution is 6.42. The molecular formula is C15H14Cl3N. The van der Waals surface area contributed by atoms with E-state index in [4.69, 9.17) is 40.5 Å². The average molecular weight is 315 g/mol. The van der Waals surface area contributed by atoms with Gasteiger partial charge in [-0.3, -0.25) is 0 Å². The largest absolute Gasteiger partial charge is 0.330 e. The van der Waals surface area contributed by atoms with Crippen LogP contribution in [0, 0.1) is 0 Å². The lowest BCUT2D eigenvalue weighted by molar-refractivity contribution is 0.694. The van der Waals surface area contributed by atoms with Crippen LogP contribution in [0.1, 0.15) is 17.0 Å². The molecule has 0 aliphatic carbocycles. The van der Waals surface area contributed by atoms with Crippen molar-refractivity contribution in [3.05, 3.63) is 68.7 Å². The van der Waals surface area contributed by atoms with E-state index in [1.165, 1.54) is 0 Å². The molecule has 19 heavy (non-hydrogen) atoms. The minimum Gasteiger partial charge on any atom is -0.330 e. The molecule has 100 valence electrons. The molecule has 0 saturated heterocycles. The van der Waals surface area contributed by atoms with Crippen LogP contribution in [0.3, 0.4) is 0 Å². The SMILES string of the molecule is NCC(Cc1ccc(Cl)c(Cl)c1)c1ccccc1Cl. The van der Waals surface area contributed by atoms with Gasteiger partial charge in [0, 0.05) is 10.9 Å². The first-order chi connectivity index (χ1) is 9.11. The van der Waals surface area contributed by atoms with Crippen molar-refractivity contribution < 1.29 is 0 Å². The molecule has 0 bridgehead atoms. The summed E-state index contributed by atoms with van der Waals surface area (Å²) in [6.45, 7) is 0.532. The molecule has 2 aromatic rings. The predicted octanol–water partition coefficient (Wildman–Crippen LogP) is 4.93. The average Bonchev–Trinajstić information content (AvgIpc) is 2.41. The van der Waals surface area contributed by atoms with E-state index in [1.54, 1.807) is 6.07 Å². The number of hydrogen-bond acceptors (Lipinski definition) is 1. The summed E-state index contributed by atoms with van der Waals surface area (Å²) in [7, 11) is 0. The zero-order chi connectivity index (χ0) is 13.8. The first-order valence-electron chi connectivity index (χ1n) is 6.00. The van der Waals surface area contributed by atoms with Gasteiger partial charge in [-0.05, 0) is 42.3 Å². The van der Waals surface area contributed by atoms with Gasteiger partial charge >= 0.3 is 0 Å². The van der Waals surface area contributed by atoms with Gasteiger partial charge in [0.2, 0.25) is 0 Å². The zero-order valence-corrected chi connectivity index (χ0v) is 12.5. The molecule has 0 radical (unpaired) electrons. The number of rotatable bonds is 4. The second kappa shape index (κ2) is 6.62. The Morgan fingerprint density at radius 1 is 0.895 bits per heavy atom. The fourth-order valence-corrected chi connectivity index (χ4v) is 2.69. The highest BCUT2D eigenvalue weighted by Crippen LogP contribution is 2.29. The third-order valence-corrected chi connectivity index (χ3v) is 4.18. The Hall–Kier alpha value is -0.730. The van der Waals surface area contributed by atoms with Crippen LogP contribution in [0.2, 0.25) is 15.1 Å². The molecule has 0 fully saturated rings. The topological polar surface area (TPSA) is 26.0 Å². The Morgan fingerprint density at radius 3 is 2.26 bits per heavy atom. The van der Waals surface area contributed by atoms with Crippen LogP contribution in [0.15, 0.2) is 42.5 Å². The van der Waals surface area contributed by atoms with Crippen molar-refractivity contribution in [1.29, 1.82) is 0 Å². The van der Waals surface area contributed by atoms with Gasteiger partial charge in [-0.2, -0.15) is 0 Å². The maximum Gasteiger partial charge on any atom is 0.0595 e. The predicted molar refractivity (Wildman–Crippen MR) is 83.4 cm³/mol. The van der Waals surface area contributed by atoms with Gasteiger partial charge in [0.05, 0.1) is 10.0 Å². The Balaban J connectivity index is 2.24. The molecule has 1 atom stereocenters. The standard InChI is InChI=1S/C15H14Cl3N/c16-13-4-2-1-3-12(13)11(9-19)7-10-5-6-14(17)15(18)8-10/h1-6,8,11H,7,9,19H2. The Bertz CT molecular complexity index is 569. The van der Waals surface area contributed by atoms with E-state index in [0.717, 1.165) is 22.6 Å². The van der Waals surface area contributed by atoms with E-state index >= 15 is 0 Å². The summed E-state index contributed by atoms with van der Waals surface area (Å²) >= 11 is 18.2. The van der Waals surface area contributed by atoms with E-state index in [9.17, 15) is 0 Å². The van der Waals surface area contributed by atoms with Gasteiger partial charge in [-0.1, -0.05) is 59.1 Å². The van der Waals surface area contributed by atoms with Gasteiger partial charge in [0.1, 0.15) is 0 Å². The molecule has 0 heterocycles. The fraction of sp³-hybridized carbons (Fsp3) is 0.200. The van der Waals surface area contributed by atoms with Gasteiger partial charge in [-0.25, -0.2) is 0 Å². The van der Waals surface area contributed by atoms with E-state index in [-0.39, 0.29) is 5.92 Å². The molecule has 0 aliphatic rings. The molecule has 0 aliphatic heterocycles. The summed E-state index contributed by atoms with van der Waals surface area (Å²) in [6.07, 6.45) is 0.789. The summed E-state index contributed by atoms with van der Waals surface area (Å²) in [5.41, 5.74) is 8.04. The molecule has 0 amide bonds. The second-order valence-electron chi connectivity index (χ2n) is 4.41. The lowest BCUT2D eigenvalue weighted by Crippen LogP contribution is -2.15. The normalized spacial score (nSPS) is 12.4. The minimum absolute atomic E-state index is 0.172. The molecule has 0 spiro atoms. The minimum atomic E-state index is 0.172. The van der Waals surface area contributed by atoms with Crippen molar-refractivity contribution >= 4 is 34.8 Å². The van der Waals surface area contributed by atoms with Crippen LogP contribution < -0.4 is 5.73 Å². The Morgan fingerprint density at radius 2 is 1.63 bits per heavy atom. The van der Waals surface area contributed by atoms with E-state index in [2.05, 4.69) is 0 Å². The van der Waals surface area contributed by atoms with Gasteiger partial charge in [0.25, 0.3) is 0 Å². The second-order valence-corrected chi connectivity index (χ2v) is 5.63. The fourth-order valence-electron chi connectivity index (χ4n) is 2.08.